The summed E-state index contributed by atoms with van der Waals surface area (Å²) in [5, 5.41) is 10.6. The van der Waals surface area contributed by atoms with Gasteiger partial charge in [0.25, 0.3) is 0 Å². The number of hydrogen-bond acceptors (Lipinski definition) is 5. The fraction of sp³-hybridized carbons (Fsp3) is 0.211. The lowest BCUT2D eigenvalue weighted by Crippen LogP contribution is -2.30. The van der Waals surface area contributed by atoms with Gasteiger partial charge in [0, 0.05) is 13.0 Å². The number of para-hydroxylation sites is 3. The molecule has 29 heavy (non-hydrogen) atoms. The number of aromatic nitrogens is 4. The van der Waals surface area contributed by atoms with Gasteiger partial charge in [-0.15, -0.1) is 0 Å². The van der Waals surface area contributed by atoms with Crippen molar-refractivity contribution < 1.29 is 9.59 Å². The lowest BCUT2D eigenvalue weighted by molar-refractivity contribution is -0.118. The van der Waals surface area contributed by atoms with Crippen LogP contribution in [-0.2, 0) is 16.1 Å². The van der Waals surface area contributed by atoms with E-state index >= 15 is 0 Å². The van der Waals surface area contributed by atoms with Crippen LogP contribution in [0.5, 0.6) is 0 Å². The predicted molar refractivity (Wildman–Crippen MR) is 107 cm³/mol. The van der Waals surface area contributed by atoms with Crippen LogP contribution >= 0.6 is 11.6 Å². The normalized spacial score (nSPS) is 13.7. The molecule has 10 heteroatoms. The summed E-state index contributed by atoms with van der Waals surface area (Å²) in [5.74, 6) is -0.442. The van der Waals surface area contributed by atoms with Crippen LogP contribution in [0.4, 0.5) is 11.4 Å². The van der Waals surface area contributed by atoms with Gasteiger partial charge in [-0.25, -0.2) is 4.79 Å². The maximum Gasteiger partial charge on any atom is 0.369 e. The van der Waals surface area contributed by atoms with Crippen molar-refractivity contribution in [1.82, 2.24) is 19.8 Å². The molecule has 0 atom stereocenters. The van der Waals surface area contributed by atoms with E-state index in [1.165, 1.54) is 0 Å². The summed E-state index contributed by atoms with van der Waals surface area (Å²) in [6.07, 6.45) is 1.27. The minimum atomic E-state index is -0.587. The molecule has 0 aliphatic carbocycles. The quantitative estimate of drug-likeness (QED) is 0.689. The Hall–Kier alpha value is -3.46. The van der Waals surface area contributed by atoms with E-state index in [0.717, 1.165) is 15.8 Å². The standard InChI is InChI=1S/C19H17ClN6O3/c20-13-6-1-3-8-15(13)26-19(29)25(22-23-26)12-17(27)21-14-7-2-4-9-16(14)24-11-5-10-18(24)28/h1-4,6-9H,5,10-12H2,(H,21,27). The average Bonchev–Trinajstić information content (AvgIpc) is 3.29. The fourth-order valence-electron chi connectivity index (χ4n) is 3.19. The summed E-state index contributed by atoms with van der Waals surface area (Å²) >= 11 is 6.10. The average molecular weight is 413 g/mol. The molecule has 0 saturated carbocycles. The van der Waals surface area contributed by atoms with Gasteiger partial charge in [0.05, 0.1) is 22.1 Å². The third kappa shape index (κ3) is 3.77. The zero-order chi connectivity index (χ0) is 20.4. The van der Waals surface area contributed by atoms with Gasteiger partial charge in [0.15, 0.2) is 0 Å². The number of anilines is 2. The molecular formula is C19H17ClN6O3. The first-order valence-corrected chi connectivity index (χ1v) is 9.39. The molecular weight excluding hydrogens is 396 g/mol. The molecule has 2 amide bonds. The SMILES string of the molecule is O=C(Cn1nnn(-c2ccccc2Cl)c1=O)Nc1ccccc1N1CCCC1=O. The topological polar surface area (TPSA) is 102 Å². The number of carbonyl (C=O) groups is 2. The largest absolute Gasteiger partial charge is 0.369 e. The van der Waals surface area contributed by atoms with Crippen LogP contribution < -0.4 is 15.9 Å². The first-order valence-electron chi connectivity index (χ1n) is 9.01. The number of rotatable bonds is 5. The number of hydrogen-bond donors (Lipinski definition) is 1. The van der Waals surface area contributed by atoms with Crippen molar-refractivity contribution in [3.8, 4) is 5.69 Å². The Morgan fingerprint density at radius 1 is 1.03 bits per heavy atom. The van der Waals surface area contributed by atoms with Crippen LogP contribution in [0.2, 0.25) is 5.02 Å². The van der Waals surface area contributed by atoms with Crippen LogP contribution in [0.25, 0.3) is 5.69 Å². The molecule has 2 heterocycles. The van der Waals surface area contributed by atoms with Crippen LogP contribution in [-0.4, -0.2) is 38.1 Å². The van der Waals surface area contributed by atoms with Crippen molar-refractivity contribution in [2.24, 2.45) is 0 Å². The lowest BCUT2D eigenvalue weighted by Gasteiger charge is -2.19. The number of tetrazole rings is 1. The van der Waals surface area contributed by atoms with Crippen LogP contribution in [0.1, 0.15) is 12.8 Å². The molecule has 1 fully saturated rings. The lowest BCUT2D eigenvalue weighted by atomic mass is 10.2. The predicted octanol–water partition coefficient (Wildman–Crippen LogP) is 1.85. The van der Waals surface area contributed by atoms with E-state index < -0.39 is 11.6 Å². The van der Waals surface area contributed by atoms with E-state index in [9.17, 15) is 14.4 Å². The van der Waals surface area contributed by atoms with Crippen molar-refractivity contribution in [2.75, 3.05) is 16.8 Å². The van der Waals surface area contributed by atoms with E-state index in [1.807, 2.05) is 0 Å². The number of nitrogens with zero attached hydrogens (tertiary/aromatic N) is 5. The summed E-state index contributed by atoms with van der Waals surface area (Å²) in [6.45, 7) is 0.281. The highest BCUT2D eigenvalue weighted by atomic mass is 35.5. The molecule has 0 bridgehead atoms. The van der Waals surface area contributed by atoms with Crippen molar-refractivity contribution in [3.63, 3.8) is 0 Å². The number of amides is 2. The highest BCUT2D eigenvalue weighted by molar-refractivity contribution is 6.32. The molecule has 1 aliphatic heterocycles. The van der Waals surface area contributed by atoms with E-state index in [4.69, 9.17) is 11.6 Å². The van der Waals surface area contributed by atoms with Gasteiger partial charge in [-0.05, 0) is 41.1 Å². The maximum absolute atomic E-state index is 12.5. The molecule has 1 aliphatic rings. The van der Waals surface area contributed by atoms with Gasteiger partial charge in [-0.2, -0.15) is 9.36 Å². The Bertz CT molecular complexity index is 1140. The smallest absolute Gasteiger partial charge is 0.323 e. The second-order valence-electron chi connectivity index (χ2n) is 6.50. The van der Waals surface area contributed by atoms with Crippen LogP contribution in [0.15, 0.2) is 53.3 Å². The molecule has 4 rings (SSSR count). The van der Waals surface area contributed by atoms with Gasteiger partial charge < -0.3 is 10.2 Å². The number of nitrogens with one attached hydrogen (secondary N) is 1. The Morgan fingerprint density at radius 3 is 2.48 bits per heavy atom. The van der Waals surface area contributed by atoms with E-state index in [0.29, 0.717) is 35.1 Å². The Morgan fingerprint density at radius 2 is 1.76 bits per heavy atom. The molecule has 9 nitrogen and oxygen atoms in total. The van der Waals surface area contributed by atoms with Crippen molar-refractivity contribution in [3.05, 3.63) is 64.0 Å². The third-order valence-electron chi connectivity index (χ3n) is 4.56. The summed E-state index contributed by atoms with van der Waals surface area (Å²) in [6, 6.07) is 13.8. The molecule has 3 aromatic rings. The van der Waals surface area contributed by atoms with Gasteiger partial charge in [0.1, 0.15) is 6.54 Å². The molecule has 0 spiro atoms. The van der Waals surface area contributed by atoms with Crippen LogP contribution in [0, 0.1) is 0 Å². The summed E-state index contributed by atoms with van der Waals surface area (Å²) in [5.41, 5.74) is 0.926. The van der Waals surface area contributed by atoms with Crippen molar-refractivity contribution >= 4 is 34.8 Å². The summed E-state index contributed by atoms with van der Waals surface area (Å²) < 4.78 is 1.98. The first-order chi connectivity index (χ1) is 14.0. The van der Waals surface area contributed by atoms with E-state index in [-0.39, 0.29) is 12.5 Å². The maximum atomic E-state index is 12.5. The Balaban J connectivity index is 1.53. The zero-order valence-electron chi connectivity index (χ0n) is 15.3. The second kappa shape index (κ2) is 7.88. The molecule has 2 aromatic carbocycles. The number of benzene rings is 2. The van der Waals surface area contributed by atoms with Gasteiger partial charge >= 0.3 is 5.69 Å². The molecule has 1 N–H and O–H groups in total. The Labute approximate surface area is 170 Å². The van der Waals surface area contributed by atoms with Gasteiger partial charge in [0.2, 0.25) is 11.8 Å². The minimum Gasteiger partial charge on any atom is -0.323 e. The zero-order valence-corrected chi connectivity index (χ0v) is 16.0. The third-order valence-corrected chi connectivity index (χ3v) is 4.88. The van der Waals surface area contributed by atoms with E-state index in [1.54, 1.807) is 53.4 Å². The Kier molecular flexibility index (Phi) is 5.13. The summed E-state index contributed by atoms with van der Waals surface area (Å²) in [4.78, 5) is 38.8. The summed E-state index contributed by atoms with van der Waals surface area (Å²) in [7, 11) is 0. The molecule has 148 valence electrons. The first kappa shape index (κ1) is 18.9. The van der Waals surface area contributed by atoms with Gasteiger partial charge in [-0.3, -0.25) is 9.59 Å². The van der Waals surface area contributed by atoms with Crippen molar-refractivity contribution in [2.45, 2.75) is 19.4 Å². The minimum absolute atomic E-state index is 0.0191. The molecule has 0 unspecified atom stereocenters. The van der Waals surface area contributed by atoms with Crippen molar-refractivity contribution in [1.29, 1.82) is 0 Å². The fourth-order valence-corrected chi connectivity index (χ4v) is 3.41. The molecule has 1 saturated heterocycles. The van der Waals surface area contributed by atoms with E-state index in [2.05, 4.69) is 15.7 Å². The molecule has 1 aromatic heterocycles. The molecule has 0 radical (unpaired) electrons. The highest BCUT2D eigenvalue weighted by Crippen LogP contribution is 2.29. The number of carbonyl (C=O) groups excluding carboxylic acids is 2. The second-order valence-corrected chi connectivity index (χ2v) is 6.90. The van der Waals surface area contributed by atoms with Crippen LogP contribution in [0.3, 0.4) is 0 Å². The number of halogens is 1. The highest BCUT2D eigenvalue weighted by Gasteiger charge is 2.24. The monoisotopic (exact) mass is 412 g/mol. The van der Waals surface area contributed by atoms with Gasteiger partial charge in [-0.1, -0.05) is 35.9 Å².